The van der Waals surface area contributed by atoms with Crippen LogP contribution in [0.25, 0.3) is 11.3 Å². The molecule has 0 atom stereocenters. The number of rotatable bonds is 5. The monoisotopic (exact) mass is 401 g/mol. The van der Waals surface area contributed by atoms with E-state index in [0.29, 0.717) is 17.3 Å². The SMILES string of the molecule is COc1cccc(-c2cc(=O)n(CC(=O)Nc3ccc(F)cc3Cl)c(C)n2)c1. The number of amides is 1. The summed E-state index contributed by atoms with van der Waals surface area (Å²) in [6.07, 6.45) is 0. The smallest absolute Gasteiger partial charge is 0.254 e. The molecule has 0 fully saturated rings. The second-order valence-electron chi connectivity index (χ2n) is 6.02. The number of benzene rings is 2. The van der Waals surface area contributed by atoms with Crippen LogP contribution in [-0.2, 0) is 11.3 Å². The van der Waals surface area contributed by atoms with Crippen LogP contribution in [0.1, 0.15) is 5.82 Å². The van der Waals surface area contributed by atoms with E-state index in [9.17, 15) is 14.0 Å². The first-order valence-electron chi connectivity index (χ1n) is 8.35. The van der Waals surface area contributed by atoms with E-state index < -0.39 is 11.7 Å². The lowest BCUT2D eigenvalue weighted by Gasteiger charge is -2.12. The number of nitrogens with zero attached hydrogens (tertiary/aromatic N) is 2. The Bertz CT molecular complexity index is 1100. The second-order valence-corrected chi connectivity index (χ2v) is 6.42. The minimum atomic E-state index is -0.507. The minimum Gasteiger partial charge on any atom is -0.497 e. The van der Waals surface area contributed by atoms with Crippen molar-refractivity contribution in [1.29, 1.82) is 0 Å². The average Bonchev–Trinajstić information content (AvgIpc) is 2.67. The molecule has 3 aromatic rings. The van der Waals surface area contributed by atoms with E-state index in [1.54, 1.807) is 32.2 Å². The Morgan fingerprint density at radius 1 is 1.25 bits per heavy atom. The molecule has 28 heavy (non-hydrogen) atoms. The molecule has 0 radical (unpaired) electrons. The van der Waals surface area contributed by atoms with Crippen LogP contribution in [0.5, 0.6) is 5.75 Å². The normalized spacial score (nSPS) is 10.6. The predicted octanol–water partition coefficient (Wildman–Crippen LogP) is 3.66. The summed E-state index contributed by atoms with van der Waals surface area (Å²) in [6.45, 7) is 1.40. The Morgan fingerprint density at radius 2 is 2.04 bits per heavy atom. The third-order valence-corrected chi connectivity index (χ3v) is 4.38. The summed E-state index contributed by atoms with van der Waals surface area (Å²) in [5.41, 5.74) is 1.11. The number of carbonyl (C=O) groups excluding carboxylic acids is 1. The van der Waals surface area contributed by atoms with E-state index in [1.165, 1.54) is 22.8 Å². The van der Waals surface area contributed by atoms with Crippen molar-refractivity contribution in [3.8, 4) is 17.0 Å². The third-order valence-electron chi connectivity index (χ3n) is 4.07. The van der Waals surface area contributed by atoms with Gasteiger partial charge in [-0.25, -0.2) is 9.37 Å². The van der Waals surface area contributed by atoms with Gasteiger partial charge in [0.05, 0.1) is 23.5 Å². The van der Waals surface area contributed by atoms with Crippen LogP contribution in [-0.4, -0.2) is 22.6 Å². The molecule has 0 spiro atoms. The molecule has 0 unspecified atom stereocenters. The Kier molecular flexibility index (Phi) is 5.75. The van der Waals surface area contributed by atoms with Crippen molar-refractivity contribution in [3.05, 3.63) is 75.5 Å². The highest BCUT2D eigenvalue weighted by molar-refractivity contribution is 6.33. The number of nitrogens with one attached hydrogen (secondary N) is 1. The topological polar surface area (TPSA) is 73.2 Å². The van der Waals surface area contributed by atoms with Crippen LogP contribution >= 0.6 is 11.6 Å². The maximum absolute atomic E-state index is 13.1. The predicted molar refractivity (Wildman–Crippen MR) is 105 cm³/mol. The highest BCUT2D eigenvalue weighted by Crippen LogP contribution is 2.23. The molecule has 1 heterocycles. The van der Waals surface area contributed by atoms with E-state index in [2.05, 4.69) is 10.3 Å². The van der Waals surface area contributed by atoms with Gasteiger partial charge in [-0.15, -0.1) is 0 Å². The molecule has 3 rings (SSSR count). The number of hydrogen-bond acceptors (Lipinski definition) is 4. The largest absolute Gasteiger partial charge is 0.497 e. The van der Waals surface area contributed by atoms with Gasteiger partial charge in [0.2, 0.25) is 5.91 Å². The number of aryl methyl sites for hydroxylation is 1. The molecular weight excluding hydrogens is 385 g/mol. The van der Waals surface area contributed by atoms with Gasteiger partial charge in [0.15, 0.2) is 0 Å². The van der Waals surface area contributed by atoms with Gasteiger partial charge in [-0.1, -0.05) is 23.7 Å². The number of methoxy groups -OCH3 is 1. The van der Waals surface area contributed by atoms with Gasteiger partial charge in [-0.05, 0) is 37.3 Å². The summed E-state index contributed by atoms with van der Waals surface area (Å²) in [6, 6.07) is 12.2. The molecular formula is C20H17ClFN3O3. The first-order valence-corrected chi connectivity index (χ1v) is 8.73. The van der Waals surface area contributed by atoms with E-state index in [0.717, 1.165) is 11.6 Å². The average molecular weight is 402 g/mol. The van der Waals surface area contributed by atoms with Gasteiger partial charge in [0.1, 0.15) is 23.9 Å². The summed E-state index contributed by atoms with van der Waals surface area (Å²) < 4.78 is 19.5. The second kappa shape index (κ2) is 8.22. The molecule has 8 heteroatoms. The van der Waals surface area contributed by atoms with Crippen LogP contribution in [0, 0.1) is 12.7 Å². The van der Waals surface area contributed by atoms with Crippen LogP contribution in [0.3, 0.4) is 0 Å². The van der Waals surface area contributed by atoms with Gasteiger partial charge >= 0.3 is 0 Å². The van der Waals surface area contributed by atoms with Gasteiger partial charge in [0, 0.05) is 11.6 Å². The summed E-state index contributed by atoms with van der Waals surface area (Å²) in [7, 11) is 1.56. The Balaban J connectivity index is 1.83. The van der Waals surface area contributed by atoms with E-state index in [4.69, 9.17) is 16.3 Å². The number of hydrogen-bond donors (Lipinski definition) is 1. The molecule has 0 bridgehead atoms. The fourth-order valence-corrected chi connectivity index (χ4v) is 2.88. The maximum atomic E-state index is 13.1. The number of halogens is 2. The molecule has 0 aliphatic rings. The molecule has 1 aromatic heterocycles. The van der Waals surface area contributed by atoms with Crippen LogP contribution < -0.4 is 15.6 Å². The van der Waals surface area contributed by atoms with Gasteiger partial charge in [-0.3, -0.25) is 14.2 Å². The Labute approximate surface area is 165 Å². The van der Waals surface area contributed by atoms with Crippen molar-refractivity contribution in [2.45, 2.75) is 13.5 Å². The van der Waals surface area contributed by atoms with Crippen molar-refractivity contribution in [1.82, 2.24) is 9.55 Å². The lowest BCUT2D eigenvalue weighted by atomic mass is 10.1. The molecule has 6 nitrogen and oxygen atoms in total. The van der Waals surface area contributed by atoms with E-state index in [-0.39, 0.29) is 22.8 Å². The fourth-order valence-electron chi connectivity index (χ4n) is 2.67. The van der Waals surface area contributed by atoms with Gasteiger partial charge in [-0.2, -0.15) is 0 Å². The highest BCUT2D eigenvalue weighted by Gasteiger charge is 2.13. The van der Waals surface area contributed by atoms with Crippen molar-refractivity contribution in [2.75, 3.05) is 12.4 Å². The van der Waals surface area contributed by atoms with Crippen LogP contribution in [0.4, 0.5) is 10.1 Å². The number of carbonyl (C=O) groups is 1. The van der Waals surface area contributed by atoms with Crippen LogP contribution in [0.15, 0.2) is 53.3 Å². The summed E-state index contributed by atoms with van der Waals surface area (Å²) in [5, 5.41) is 2.63. The van der Waals surface area contributed by atoms with Crippen LogP contribution in [0.2, 0.25) is 5.02 Å². The third kappa shape index (κ3) is 4.37. The minimum absolute atomic E-state index is 0.0731. The van der Waals surface area contributed by atoms with E-state index in [1.807, 2.05) is 6.07 Å². The summed E-state index contributed by atoms with van der Waals surface area (Å²) in [5.74, 6) is 0.0457. The standard InChI is InChI=1S/C20H17ClFN3O3/c1-12-23-18(13-4-3-5-15(8-13)28-2)10-20(27)25(12)11-19(26)24-17-7-6-14(22)9-16(17)21/h3-10H,11H2,1-2H3,(H,24,26). The zero-order chi connectivity index (χ0) is 20.3. The lowest BCUT2D eigenvalue weighted by Crippen LogP contribution is -2.30. The van der Waals surface area contributed by atoms with Crippen molar-refractivity contribution in [3.63, 3.8) is 0 Å². The molecule has 1 amide bonds. The molecule has 0 aliphatic carbocycles. The zero-order valence-electron chi connectivity index (χ0n) is 15.2. The number of aromatic nitrogens is 2. The van der Waals surface area contributed by atoms with Crippen molar-refractivity contribution in [2.24, 2.45) is 0 Å². The van der Waals surface area contributed by atoms with Crippen molar-refractivity contribution >= 4 is 23.2 Å². The Hall–Kier alpha value is -3.19. The first kappa shape index (κ1) is 19.6. The lowest BCUT2D eigenvalue weighted by molar-refractivity contribution is -0.116. The molecule has 0 aliphatic heterocycles. The number of anilines is 1. The van der Waals surface area contributed by atoms with Crippen molar-refractivity contribution < 1.29 is 13.9 Å². The Morgan fingerprint density at radius 3 is 2.71 bits per heavy atom. The molecule has 1 N–H and O–H groups in total. The highest BCUT2D eigenvalue weighted by atomic mass is 35.5. The molecule has 0 saturated carbocycles. The molecule has 2 aromatic carbocycles. The quantitative estimate of drug-likeness (QED) is 0.708. The number of ether oxygens (including phenoxy) is 1. The summed E-state index contributed by atoms with van der Waals surface area (Å²) >= 11 is 5.91. The molecule has 144 valence electrons. The fraction of sp³-hybridized carbons (Fsp3) is 0.150. The first-order chi connectivity index (χ1) is 13.4. The van der Waals surface area contributed by atoms with Gasteiger partial charge in [0.25, 0.3) is 5.56 Å². The van der Waals surface area contributed by atoms with Gasteiger partial charge < -0.3 is 10.1 Å². The zero-order valence-corrected chi connectivity index (χ0v) is 16.0. The maximum Gasteiger partial charge on any atom is 0.254 e. The molecule has 0 saturated heterocycles. The van der Waals surface area contributed by atoms with E-state index >= 15 is 0 Å². The summed E-state index contributed by atoms with van der Waals surface area (Å²) in [4.78, 5) is 29.2.